The number of halogens is 1. The average Bonchev–Trinajstić information content (AvgIpc) is 2.98. The number of nitrogens with zero attached hydrogens (tertiary/aromatic N) is 1. The topological polar surface area (TPSA) is 42.0 Å². The summed E-state index contributed by atoms with van der Waals surface area (Å²) in [5, 5.41) is 4.99. The molecule has 0 spiro atoms. The van der Waals surface area contributed by atoms with Crippen molar-refractivity contribution in [3.63, 3.8) is 0 Å². The molecule has 3 rings (SSSR count). The molecule has 1 heterocycles. The van der Waals surface area contributed by atoms with Gasteiger partial charge in [-0.2, -0.15) is 0 Å². The molecule has 1 aromatic heterocycles. The van der Waals surface area contributed by atoms with Gasteiger partial charge in [-0.3, -0.25) is 10.1 Å². The zero-order valence-electron chi connectivity index (χ0n) is 12.8. The third-order valence-corrected chi connectivity index (χ3v) is 4.27. The SMILES string of the molecule is Cc1ccc(C)c(-c2csc(NC(=O)c3ccccc3F)n2)c1. The number of aryl methyl sites for hydroxylation is 2. The van der Waals surface area contributed by atoms with Gasteiger partial charge in [0.05, 0.1) is 11.3 Å². The summed E-state index contributed by atoms with van der Waals surface area (Å²) in [6.07, 6.45) is 0. The van der Waals surface area contributed by atoms with Gasteiger partial charge >= 0.3 is 0 Å². The zero-order valence-corrected chi connectivity index (χ0v) is 13.6. The van der Waals surface area contributed by atoms with Gasteiger partial charge in [0.15, 0.2) is 5.13 Å². The molecule has 0 aliphatic heterocycles. The largest absolute Gasteiger partial charge is 0.298 e. The molecule has 0 unspecified atom stereocenters. The van der Waals surface area contributed by atoms with Gasteiger partial charge in [-0.05, 0) is 37.6 Å². The molecule has 3 aromatic rings. The van der Waals surface area contributed by atoms with Gasteiger partial charge in [0.2, 0.25) is 0 Å². The number of benzene rings is 2. The first kappa shape index (κ1) is 15.4. The van der Waals surface area contributed by atoms with Crippen LogP contribution in [0.3, 0.4) is 0 Å². The molecule has 0 aliphatic carbocycles. The molecule has 2 aromatic carbocycles. The molecule has 0 saturated heterocycles. The van der Waals surface area contributed by atoms with Crippen molar-refractivity contribution in [2.45, 2.75) is 13.8 Å². The number of carbonyl (C=O) groups excluding carboxylic acids is 1. The number of hydrogen-bond donors (Lipinski definition) is 1. The zero-order chi connectivity index (χ0) is 16.4. The second kappa shape index (κ2) is 6.30. The highest BCUT2D eigenvalue weighted by Crippen LogP contribution is 2.28. The fourth-order valence-electron chi connectivity index (χ4n) is 2.28. The van der Waals surface area contributed by atoms with Gasteiger partial charge in [-0.1, -0.05) is 29.8 Å². The van der Waals surface area contributed by atoms with E-state index in [1.54, 1.807) is 12.1 Å². The Morgan fingerprint density at radius 2 is 1.96 bits per heavy atom. The van der Waals surface area contributed by atoms with Crippen molar-refractivity contribution in [2.75, 3.05) is 5.32 Å². The summed E-state index contributed by atoms with van der Waals surface area (Å²) >= 11 is 1.32. The van der Waals surface area contributed by atoms with Crippen LogP contribution < -0.4 is 5.32 Å². The van der Waals surface area contributed by atoms with E-state index in [-0.39, 0.29) is 5.56 Å². The standard InChI is InChI=1S/C18H15FN2OS/c1-11-7-8-12(2)14(9-11)16-10-23-18(20-16)21-17(22)13-5-3-4-6-15(13)19/h3-10H,1-2H3,(H,20,21,22). The number of thiazole rings is 1. The fraction of sp³-hybridized carbons (Fsp3) is 0.111. The Hall–Kier alpha value is -2.53. The van der Waals surface area contributed by atoms with Gasteiger partial charge in [0.1, 0.15) is 5.82 Å². The maximum Gasteiger partial charge on any atom is 0.260 e. The lowest BCUT2D eigenvalue weighted by atomic mass is 10.0. The van der Waals surface area contributed by atoms with Crippen LogP contribution in [0.4, 0.5) is 9.52 Å². The molecule has 0 atom stereocenters. The van der Waals surface area contributed by atoms with Gasteiger partial charge in [-0.25, -0.2) is 9.37 Å². The van der Waals surface area contributed by atoms with Gasteiger partial charge < -0.3 is 0 Å². The second-order valence-electron chi connectivity index (χ2n) is 5.29. The summed E-state index contributed by atoms with van der Waals surface area (Å²) in [5.41, 5.74) is 4.12. The van der Waals surface area contributed by atoms with E-state index in [1.165, 1.54) is 23.5 Å². The minimum atomic E-state index is -0.545. The molecule has 0 aliphatic rings. The Balaban J connectivity index is 1.84. The van der Waals surface area contributed by atoms with E-state index in [0.29, 0.717) is 5.13 Å². The number of aromatic nitrogens is 1. The first-order valence-corrected chi connectivity index (χ1v) is 8.01. The van der Waals surface area contributed by atoms with E-state index in [9.17, 15) is 9.18 Å². The van der Waals surface area contributed by atoms with Crippen molar-refractivity contribution >= 4 is 22.4 Å². The van der Waals surface area contributed by atoms with E-state index < -0.39 is 11.7 Å². The van der Waals surface area contributed by atoms with Gasteiger partial charge in [0, 0.05) is 10.9 Å². The Morgan fingerprint density at radius 3 is 2.74 bits per heavy atom. The van der Waals surface area contributed by atoms with Crippen molar-refractivity contribution in [1.82, 2.24) is 4.98 Å². The first-order valence-electron chi connectivity index (χ1n) is 7.13. The van der Waals surface area contributed by atoms with Gasteiger partial charge in [0.25, 0.3) is 5.91 Å². The molecule has 5 heteroatoms. The lowest BCUT2D eigenvalue weighted by Crippen LogP contribution is -2.13. The number of nitrogens with one attached hydrogen (secondary N) is 1. The summed E-state index contributed by atoms with van der Waals surface area (Å²) in [7, 11) is 0. The van der Waals surface area contributed by atoms with Crippen LogP contribution in [0.1, 0.15) is 21.5 Å². The Bertz CT molecular complexity index is 873. The van der Waals surface area contributed by atoms with Crippen molar-refractivity contribution < 1.29 is 9.18 Å². The molecule has 0 fully saturated rings. The summed E-state index contributed by atoms with van der Waals surface area (Å²) in [6.45, 7) is 4.04. The Morgan fingerprint density at radius 1 is 1.17 bits per heavy atom. The maximum absolute atomic E-state index is 13.6. The van der Waals surface area contributed by atoms with Crippen LogP contribution in [0, 0.1) is 19.7 Å². The van der Waals surface area contributed by atoms with Crippen LogP contribution in [0.5, 0.6) is 0 Å². The number of anilines is 1. The quantitative estimate of drug-likeness (QED) is 0.750. The molecule has 0 bridgehead atoms. The van der Waals surface area contributed by atoms with E-state index in [1.807, 2.05) is 31.4 Å². The van der Waals surface area contributed by atoms with E-state index >= 15 is 0 Å². The minimum absolute atomic E-state index is 0.0102. The van der Waals surface area contributed by atoms with Crippen LogP contribution in [-0.2, 0) is 0 Å². The number of rotatable bonds is 3. The Kier molecular flexibility index (Phi) is 4.21. The molecule has 0 radical (unpaired) electrons. The van der Waals surface area contributed by atoms with E-state index in [4.69, 9.17) is 0 Å². The average molecular weight is 326 g/mol. The van der Waals surface area contributed by atoms with E-state index in [2.05, 4.69) is 16.4 Å². The molecule has 3 nitrogen and oxygen atoms in total. The monoisotopic (exact) mass is 326 g/mol. The van der Waals surface area contributed by atoms with Crippen molar-refractivity contribution in [3.8, 4) is 11.3 Å². The van der Waals surface area contributed by atoms with Gasteiger partial charge in [-0.15, -0.1) is 11.3 Å². The van der Waals surface area contributed by atoms with Crippen molar-refractivity contribution in [3.05, 3.63) is 70.4 Å². The lowest BCUT2D eigenvalue weighted by molar-refractivity contribution is 0.102. The summed E-state index contributed by atoms with van der Waals surface area (Å²) in [6, 6.07) is 12.0. The van der Waals surface area contributed by atoms with Crippen LogP contribution in [-0.4, -0.2) is 10.9 Å². The number of amides is 1. The molecule has 116 valence electrons. The van der Waals surface area contributed by atoms with Crippen LogP contribution in [0.2, 0.25) is 0 Å². The van der Waals surface area contributed by atoms with E-state index in [0.717, 1.165) is 22.4 Å². The minimum Gasteiger partial charge on any atom is -0.298 e. The predicted octanol–water partition coefficient (Wildman–Crippen LogP) is 4.82. The Labute approximate surface area is 137 Å². The summed E-state index contributed by atoms with van der Waals surface area (Å²) in [4.78, 5) is 16.6. The van der Waals surface area contributed by atoms with Crippen LogP contribution in [0.25, 0.3) is 11.3 Å². The highest BCUT2D eigenvalue weighted by molar-refractivity contribution is 7.14. The molecule has 0 saturated carbocycles. The lowest BCUT2D eigenvalue weighted by Gasteiger charge is -2.04. The smallest absolute Gasteiger partial charge is 0.260 e. The van der Waals surface area contributed by atoms with Crippen LogP contribution >= 0.6 is 11.3 Å². The third kappa shape index (κ3) is 3.29. The molecule has 1 N–H and O–H groups in total. The fourth-order valence-corrected chi connectivity index (χ4v) is 2.98. The number of carbonyl (C=O) groups is 1. The third-order valence-electron chi connectivity index (χ3n) is 3.51. The molecular formula is C18H15FN2OS. The highest BCUT2D eigenvalue weighted by atomic mass is 32.1. The van der Waals surface area contributed by atoms with Crippen molar-refractivity contribution in [1.29, 1.82) is 0 Å². The molecule has 23 heavy (non-hydrogen) atoms. The predicted molar refractivity (Wildman–Crippen MR) is 91.4 cm³/mol. The second-order valence-corrected chi connectivity index (χ2v) is 6.15. The van der Waals surface area contributed by atoms with Crippen LogP contribution in [0.15, 0.2) is 47.8 Å². The van der Waals surface area contributed by atoms with Crippen molar-refractivity contribution in [2.24, 2.45) is 0 Å². The number of hydrogen-bond acceptors (Lipinski definition) is 3. The highest BCUT2D eigenvalue weighted by Gasteiger charge is 2.14. The maximum atomic E-state index is 13.6. The molecule has 1 amide bonds. The summed E-state index contributed by atoms with van der Waals surface area (Å²) < 4.78 is 13.6. The normalized spacial score (nSPS) is 10.6. The molecular weight excluding hydrogens is 311 g/mol. The first-order chi connectivity index (χ1) is 11.0. The summed E-state index contributed by atoms with van der Waals surface area (Å²) in [5.74, 6) is -1.04.